The van der Waals surface area contributed by atoms with Crippen LogP contribution in [0.25, 0.3) is 66.4 Å². The van der Waals surface area contributed by atoms with Gasteiger partial charge in [0.2, 0.25) is 0 Å². The van der Waals surface area contributed by atoms with Gasteiger partial charge in [-0.1, -0.05) is 180 Å². The van der Waals surface area contributed by atoms with Crippen molar-refractivity contribution in [1.29, 1.82) is 0 Å². The molecule has 68 heavy (non-hydrogen) atoms. The summed E-state index contributed by atoms with van der Waals surface area (Å²) in [5, 5.41) is 3.52. The number of aromatic nitrogens is 1. The van der Waals surface area contributed by atoms with Gasteiger partial charge in [-0.25, -0.2) is 0 Å². The maximum absolute atomic E-state index is 7.11. The summed E-state index contributed by atoms with van der Waals surface area (Å²) in [6.07, 6.45) is 0. The first-order valence-corrected chi connectivity index (χ1v) is 24.0. The zero-order valence-electron chi connectivity index (χ0n) is 38.9. The maximum atomic E-state index is 7.11. The average molecular weight is 874 g/mol. The molecule has 2 aromatic heterocycles. The SMILES string of the molecule is CC(C)(C)c1ccc(N2c3cc(N(c4ccccc4)c4ccccc4)cc4c3B(c3ccc5c(c32)-c2ccccc2C5(C)C)n2c3oc5ccccc5c3c3cccc-4c32)c(-c2ccccc2)c1. The highest BCUT2D eigenvalue weighted by atomic mass is 16.3. The average Bonchev–Trinajstić information content (AvgIpc) is 3.98. The highest BCUT2D eigenvalue weighted by Crippen LogP contribution is 2.57. The topological polar surface area (TPSA) is 24.6 Å². The molecule has 0 N–H and O–H groups in total. The molecule has 0 atom stereocenters. The van der Waals surface area contributed by atoms with Gasteiger partial charge in [-0.15, -0.1) is 0 Å². The molecule has 1 aliphatic carbocycles. The lowest BCUT2D eigenvalue weighted by Gasteiger charge is -2.43. The van der Waals surface area contributed by atoms with E-state index in [-0.39, 0.29) is 17.7 Å². The van der Waals surface area contributed by atoms with Crippen molar-refractivity contribution in [1.82, 2.24) is 4.48 Å². The van der Waals surface area contributed by atoms with E-state index in [1.54, 1.807) is 0 Å². The summed E-state index contributed by atoms with van der Waals surface area (Å²) in [5.74, 6) is 0. The lowest BCUT2D eigenvalue weighted by atomic mass is 9.44. The van der Waals surface area contributed by atoms with Crippen LogP contribution >= 0.6 is 0 Å². The summed E-state index contributed by atoms with van der Waals surface area (Å²) >= 11 is 0. The van der Waals surface area contributed by atoms with Crippen LogP contribution in [0.5, 0.6) is 0 Å². The van der Waals surface area contributed by atoms with Crippen molar-refractivity contribution in [2.75, 3.05) is 9.80 Å². The number of rotatable bonds is 5. The van der Waals surface area contributed by atoms with Crippen LogP contribution in [0.3, 0.4) is 0 Å². The number of hydrogen-bond donors (Lipinski definition) is 0. The van der Waals surface area contributed by atoms with Crippen LogP contribution in [0.15, 0.2) is 205 Å². The molecule has 0 unspecified atom stereocenters. The molecule has 0 saturated heterocycles. The predicted molar refractivity (Wildman–Crippen MR) is 286 cm³/mol. The van der Waals surface area contributed by atoms with Crippen molar-refractivity contribution in [3.8, 4) is 33.4 Å². The first kappa shape index (κ1) is 39.2. The monoisotopic (exact) mass is 873 g/mol. The Labute approximate surface area is 397 Å². The predicted octanol–water partition coefficient (Wildman–Crippen LogP) is 15.7. The summed E-state index contributed by atoms with van der Waals surface area (Å²) in [6, 6.07) is 74.3. The fraction of sp³-hybridized carbons (Fsp3) is 0.111. The van der Waals surface area contributed by atoms with E-state index in [0.717, 1.165) is 45.1 Å². The van der Waals surface area contributed by atoms with Gasteiger partial charge in [-0.2, -0.15) is 0 Å². The Balaban J connectivity index is 1.19. The molecule has 0 saturated carbocycles. The molecular weight excluding hydrogens is 826 g/mol. The number of furan rings is 1. The number of benzene rings is 9. The Morgan fingerprint density at radius 1 is 0.529 bits per heavy atom. The van der Waals surface area contributed by atoms with Gasteiger partial charge in [-0.05, 0) is 104 Å². The third kappa shape index (κ3) is 5.33. The Hall–Kier alpha value is -8.02. The van der Waals surface area contributed by atoms with E-state index in [4.69, 9.17) is 4.42 Å². The standard InChI is InChI=1S/C63H48BN3O/c1-62(2,3)40-32-35-53(48(36-40)39-20-9-6-10-21-39)66-54-38-43(65(41-22-11-7-12-23-41)42-24-13-8-14-25-42)37-49-44-28-19-29-47-56-46-27-16-18-31-55(46)68-61(56)67(59(44)47)64(58(49)54)52-34-33-51-57(60(52)66)45-26-15-17-30-50(45)63(51,4)5/h6-38H,1-5H3. The molecule has 2 aliphatic heterocycles. The van der Waals surface area contributed by atoms with E-state index in [1.165, 1.54) is 83.0 Å². The Kier molecular flexibility index (Phi) is 8.07. The number of hydrogen-bond acceptors (Lipinski definition) is 3. The first-order chi connectivity index (χ1) is 33.2. The third-order valence-electron chi connectivity index (χ3n) is 15.3. The number of fused-ring (bicyclic) bond motifs is 13. The van der Waals surface area contributed by atoms with Crippen LogP contribution in [0.2, 0.25) is 0 Å². The van der Waals surface area contributed by atoms with E-state index in [2.05, 4.69) is 249 Å². The zero-order valence-corrected chi connectivity index (χ0v) is 38.9. The molecule has 3 aliphatic rings. The second-order valence-electron chi connectivity index (χ2n) is 20.5. The molecule has 0 amide bonds. The minimum atomic E-state index is -0.221. The molecule has 9 aromatic carbocycles. The van der Waals surface area contributed by atoms with Gasteiger partial charge < -0.3 is 18.7 Å². The fourth-order valence-corrected chi connectivity index (χ4v) is 12.2. The second kappa shape index (κ2) is 14.0. The zero-order chi connectivity index (χ0) is 45.6. The van der Waals surface area contributed by atoms with Crippen LogP contribution in [0, 0.1) is 0 Å². The van der Waals surface area contributed by atoms with Crippen molar-refractivity contribution in [2.24, 2.45) is 0 Å². The first-order valence-electron chi connectivity index (χ1n) is 24.0. The fourth-order valence-electron chi connectivity index (χ4n) is 12.2. The molecule has 14 rings (SSSR count). The van der Waals surface area contributed by atoms with Gasteiger partial charge in [0.05, 0.1) is 16.8 Å². The maximum Gasteiger partial charge on any atom is 0.336 e. The number of para-hydroxylation sites is 4. The molecule has 0 radical (unpaired) electrons. The molecule has 0 fully saturated rings. The van der Waals surface area contributed by atoms with Crippen molar-refractivity contribution < 1.29 is 4.42 Å². The summed E-state index contributed by atoms with van der Waals surface area (Å²) in [5.41, 5.74) is 23.5. The Morgan fingerprint density at radius 3 is 1.94 bits per heavy atom. The summed E-state index contributed by atoms with van der Waals surface area (Å²) in [4.78, 5) is 5.10. The van der Waals surface area contributed by atoms with Crippen molar-refractivity contribution >= 4 is 84.9 Å². The van der Waals surface area contributed by atoms with Gasteiger partial charge in [0.25, 0.3) is 0 Å². The lowest BCUT2D eigenvalue weighted by Crippen LogP contribution is -2.57. The van der Waals surface area contributed by atoms with E-state index in [9.17, 15) is 0 Å². The molecular formula is C63H48BN3O. The van der Waals surface area contributed by atoms with Crippen LogP contribution in [-0.4, -0.2) is 11.3 Å². The number of nitrogens with zero attached hydrogens (tertiary/aromatic N) is 3. The van der Waals surface area contributed by atoms with Crippen LogP contribution in [-0.2, 0) is 10.8 Å². The van der Waals surface area contributed by atoms with Gasteiger partial charge in [0, 0.05) is 61.1 Å². The highest BCUT2D eigenvalue weighted by Gasteiger charge is 2.48. The molecule has 324 valence electrons. The van der Waals surface area contributed by atoms with Crippen molar-refractivity contribution in [2.45, 2.75) is 45.4 Å². The van der Waals surface area contributed by atoms with Crippen molar-refractivity contribution in [3.63, 3.8) is 0 Å². The molecule has 0 bridgehead atoms. The van der Waals surface area contributed by atoms with Gasteiger partial charge in [0.15, 0.2) is 5.71 Å². The minimum Gasteiger partial charge on any atom is -0.441 e. The van der Waals surface area contributed by atoms with Crippen molar-refractivity contribution in [3.05, 3.63) is 217 Å². The van der Waals surface area contributed by atoms with E-state index >= 15 is 0 Å². The Morgan fingerprint density at radius 2 is 1.19 bits per heavy atom. The smallest absolute Gasteiger partial charge is 0.336 e. The molecule has 4 heterocycles. The van der Waals surface area contributed by atoms with Crippen LogP contribution in [0.1, 0.15) is 51.3 Å². The quantitative estimate of drug-likeness (QED) is 0.161. The van der Waals surface area contributed by atoms with E-state index in [0.29, 0.717) is 0 Å². The van der Waals surface area contributed by atoms with Crippen LogP contribution in [0.4, 0.5) is 34.1 Å². The van der Waals surface area contributed by atoms with Gasteiger partial charge in [-0.3, -0.25) is 0 Å². The van der Waals surface area contributed by atoms with Crippen LogP contribution < -0.4 is 20.7 Å². The summed E-state index contributed by atoms with van der Waals surface area (Å²) < 4.78 is 9.67. The lowest BCUT2D eigenvalue weighted by molar-refractivity contribution is 0.590. The van der Waals surface area contributed by atoms with Gasteiger partial charge in [0.1, 0.15) is 5.58 Å². The molecule has 4 nitrogen and oxygen atoms in total. The molecule has 11 aromatic rings. The largest absolute Gasteiger partial charge is 0.441 e. The minimum absolute atomic E-state index is 0.0659. The molecule has 5 heteroatoms. The number of anilines is 6. The van der Waals surface area contributed by atoms with E-state index < -0.39 is 0 Å². The third-order valence-corrected chi connectivity index (χ3v) is 15.3. The van der Waals surface area contributed by atoms with Gasteiger partial charge >= 0.3 is 6.85 Å². The summed E-state index contributed by atoms with van der Waals surface area (Å²) in [7, 11) is 0. The Bertz CT molecular complexity index is 3840. The highest BCUT2D eigenvalue weighted by molar-refractivity contribution is 6.90. The summed E-state index contributed by atoms with van der Waals surface area (Å²) in [6.45, 7) is 11.6. The second-order valence-corrected chi connectivity index (χ2v) is 20.5. The molecule has 0 spiro atoms. The normalized spacial score (nSPS) is 14.0. The van der Waals surface area contributed by atoms with E-state index in [1.807, 2.05) is 0 Å².